The summed E-state index contributed by atoms with van der Waals surface area (Å²) in [6, 6.07) is 7.44. The van der Waals surface area contributed by atoms with Crippen molar-refractivity contribution < 1.29 is 9.53 Å². The number of ether oxygens (including phenoxy) is 1. The summed E-state index contributed by atoms with van der Waals surface area (Å²) >= 11 is 1.63. The highest BCUT2D eigenvalue weighted by Crippen LogP contribution is 2.25. The van der Waals surface area contributed by atoms with Gasteiger partial charge in [-0.2, -0.15) is 0 Å². The van der Waals surface area contributed by atoms with Crippen molar-refractivity contribution in [3.63, 3.8) is 0 Å². The van der Waals surface area contributed by atoms with Crippen molar-refractivity contribution in [2.75, 3.05) is 7.11 Å². The fourth-order valence-electron chi connectivity index (χ4n) is 2.18. The Morgan fingerprint density at radius 2 is 2.14 bits per heavy atom. The Morgan fingerprint density at radius 1 is 1.29 bits per heavy atom. The van der Waals surface area contributed by atoms with Crippen molar-refractivity contribution >= 4 is 17.3 Å². The van der Waals surface area contributed by atoms with Gasteiger partial charge in [0.25, 0.3) is 0 Å². The van der Waals surface area contributed by atoms with Crippen molar-refractivity contribution in [3.8, 4) is 10.6 Å². The number of methoxy groups -OCH3 is 1. The summed E-state index contributed by atoms with van der Waals surface area (Å²) in [5.41, 5.74) is 2.69. The number of thiazole rings is 1. The maximum absolute atomic E-state index is 11.6. The van der Waals surface area contributed by atoms with Gasteiger partial charge in [-0.05, 0) is 25.0 Å². The third-order valence-corrected chi connectivity index (χ3v) is 4.31. The average molecular weight is 303 g/mol. The van der Waals surface area contributed by atoms with E-state index in [0.717, 1.165) is 22.7 Å². The fourth-order valence-corrected chi connectivity index (χ4v) is 3.04. The molecule has 112 valence electrons. The zero-order valence-corrected chi connectivity index (χ0v) is 13.4. The number of nitrogens with zero attached hydrogens (tertiary/aromatic N) is 1. The summed E-state index contributed by atoms with van der Waals surface area (Å²) in [6.07, 6.45) is 6.04. The monoisotopic (exact) mass is 303 g/mol. The lowest BCUT2D eigenvalue weighted by atomic mass is 10.1. The average Bonchev–Trinajstić information content (AvgIpc) is 3.00. The Kier molecular flexibility index (Phi) is 5.93. The van der Waals surface area contributed by atoms with Crippen LogP contribution in [0.4, 0.5) is 0 Å². The Labute approximate surface area is 130 Å². The third kappa shape index (κ3) is 4.39. The van der Waals surface area contributed by atoms with E-state index in [9.17, 15) is 4.79 Å². The summed E-state index contributed by atoms with van der Waals surface area (Å²) in [6.45, 7) is 2.22. The van der Waals surface area contributed by atoms with Gasteiger partial charge in [-0.1, -0.05) is 38.3 Å². The highest BCUT2D eigenvalue weighted by Gasteiger charge is 2.09. The van der Waals surface area contributed by atoms with Gasteiger partial charge < -0.3 is 4.74 Å². The molecule has 0 saturated heterocycles. The van der Waals surface area contributed by atoms with Crippen molar-refractivity contribution in [2.45, 2.75) is 39.0 Å². The number of carbonyl (C=O) groups is 1. The van der Waals surface area contributed by atoms with Crippen LogP contribution in [0.5, 0.6) is 0 Å². The van der Waals surface area contributed by atoms with Gasteiger partial charge in [0.05, 0.1) is 18.4 Å². The highest BCUT2D eigenvalue weighted by atomic mass is 32.1. The minimum atomic E-state index is -0.312. The van der Waals surface area contributed by atoms with Gasteiger partial charge in [-0.25, -0.2) is 9.78 Å². The molecule has 0 N–H and O–H groups in total. The molecule has 21 heavy (non-hydrogen) atoms. The SMILES string of the molecule is CCCCCCc1csc(-c2cccc(C(=O)OC)c2)n1. The molecule has 1 heterocycles. The van der Waals surface area contributed by atoms with Crippen molar-refractivity contribution in [3.05, 3.63) is 40.9 Å². The number of unbranched alkanes of at least 4 members (excludes halogenated alkanes) is 3. The zero-order valence-electron chi connectivity index (χ0n) is 12.6. The molecule has 0 amide bonds. The van der Waals surface area contributed by atoms with Gasteiger partial charge in [-0.3, -0.25) is 0 Å². The number of carbonyl (C=O) groups excluding carboxylic acids is 1. The van der Waals surface area contributed by atoms with Crippen LogP contribution in [-0.4, -0.2) is 18.1 Å². The summed E-state index contributed by atoms with van der Waals surface area (Å²) in [4.78, 5) is 16.2. The fraction of sp³-hybridized carbons (Fsp3) is 0.412. The predicted molar refractivity (Wildman–Crippen MR) is 86.7 cm³/mol. The van der Waals surface area contributed by atoms with Crippen LogP contribution in [-0.2, 0) is 11.2 Å². The zero-order chi connectivity index (χ0) is 15.1. The molecule has 2 aromatic rings. The molecule has 0 aliphatic rings. The van der Waals surface area contributed by atoms with E-state index in [-0.39, 0.29) is 5.97 Å². The number of aromatic nitrogens is 1. The van der Waals surface area contributed by atoms with Gasteiger partial charge in [0.1, 0.15) is 5.01 Å². The smallest absolute Gasteiger partial charge is 0.337 e. The largest absolute Gasteiger partial charge is 0.465 e. The van der Waals surface area contributed by atoms with Gasteiger partial charge >= 0.3 is 5.97 Å². The number of hydrogen-bond donors (Lipinski definition) is 0. The highest BCUT2D eigenvalue weighted by molar-refractivity contribution is 7.13. The number of aryl methyl sites for hydroxylation is 1. The van der Waals surface area contributed by atoms with Crippen LogP contribution in [0.15, 0.2) is 29.6 Å². The lowest BCUT2D eigenvalue weighted by molar-refractivity contribution is 0.0601. The molecule has 1 aromatic carbocycles. The molecule has 0 bridgehead atoms. The molecule has 1 aromatic heterocycles. The van der Waals surface area contributed by atoms with E-state index in [2.05, 4.69) is 17.3 Å². The summed E-state index contributed by atoms with van der Waals surface area (Å²) < 4.78 is 4.75. The van der Waals surface area contributed by atoms with Gasteiger partial charge in [0.2, 0.25) is 0 Å². The molecule has 0 aliphatic heterocycles. The van der Waals surface area contributed by atoms with Crippen molar-refractivity contribution in [2.24, 2.45) is 0 Å². The van der Waals surface area contributed by atoms with Crippen LogP contribution in [0.2, 0.25) is 0 Å². The molecule has 0 atom stereocenters. The molecule has 0 unspecified atom stereocenters. The number of rotatable bonds is 7. The molecule has 3 nitrogen and oxygen atoms in total. The molecular weight excluding hydrogens is 282 g/mol. The Hall–Kier alpha value is -1.68. The minimum Gasteiger partial charge on any atom is -0.465 e. The van der Waals surface area contributed by atoms with E-state index in [1.165, 1.54) is 32.8 Å². The van der Waals surface area contributed by atoms with Crippen LogP contribution >= 0.6 is 11.3 Å². The second-order valence-electron chi connectivity index (χ2n) is 5.03. The maximum Gasteiger partial charge on any atom is 0.337 e. The van der Waals surface area contributed by atoms with Crippen molar-refractivity contribution in [1.82, 2.24) is 4.98 Å². The number of hydrogen-bond acceptors (Lipinski definition) is 4. The van der Waals surface area contributed by atoms with E-state index in [4.69, 9.17) is 4.74 Å². The van der Waals surface area contributed by atoms with E-state index in [0.29, 0.717) is 5.56 Å². The van der Waals surface area contributed by atoms with Gasteiger partial charge in [0, 0.05) is 10.9 Å². The van der Waals surface area contributed by atoms with Crippen LogP contribution in [0.1, 0.15) is 48.7 Å². The van der Waals surface area contributed by atoms with Crippen LogP contribution in [0.3, 0.4) is 0 Å². The van der Waals surface area contributed by atoms with E-state index in [1.807, 2.05) is 18.2 Å². The molecule has 0 spiro atoms. The second-order valence-corrected chi connectivity index (χ2v) is 5.89. The number of benzene rings is 1. The lowest BCUT2D eigenvalue weighted by Gasteiger charge is -2.01. The first kappa shape index (κ1) is 15.7. The predicted octanol–water partition coefficient (Wildman–Crippen LogP) is 4.72. The molecule has 0 aliphatic carbocycles. The minimum absolute atomic E-state index is 0.312. The standard InChI is InChI=1S/C17H21NO2S/c1-3-4-5-6-10-15-12-21-16(18-15)13-8-7-9-14(11-13)17(19)20-2/h7-9,11-12H,3-6,10H2,1-2H3. The maximum atomic E-state index is 11.6. The van der Waals surface area contributed by atoms with Crippen LogP contribution < -0.4 is 0 Å². The first-order valence-electron chi connectivity index (χ1n) is 7.37. The van der Waals surface area contributed by atoms with Crippen molar-refractivity contribution in [1.29, 1.82) is 0 Å². The molecule has 0 fully saturated rings. The second kappa shape index (κ2) is 7.93. The Bertz CT molecular complexity index is 592. The van der Waals surface area contributed by atoms with Gasteiger partial charge in [0.15, 0.2) is 0 Å². The van der Waals surface area contributed by atoms with Crippen LogP contribution in [0.25, 0.3) is 10.6 Å². The van der Waals surface area contributed by atoms with E-state index >= 15 is 0 Å². The van der Waals surface area contributed by atoms with Crippen LogP contribution in [0, 0.1) is 0 Å². The Balaban J connectivity index is 2.05. The summed E-state index contributed by atoms with van der Waals surface area (Å²) in [5, 5.41) is 3.08. The summed E-state index contributed by atoms with van der Waals surface area (Å²) in [7, 11) is 1.40. The molecular formula is C17H21NO2S. The molecule has 2 rings (SSSR count). The molecule has 4 heteroatoms. The normalized spacial score (nSPS) is 10.6. The lowest BCUT2D eigenvalue weighted by Crippen LogP contribution is -2.00. The quantitative estimate of drug-likeness (QED) is 0.549. The van der Waals surface area contributed by atoms with Gasteiger partial charge in [-0.15, -0.1) is 11.3 Å². The first-order valence-corrected chi connectivity index (χ1v) is 8.25. The molecule has 0 radical (unpaired) electrons. The first-order chi connectivity index (χ1) is 10.2. The van der Waals surface area contributed by atoms with E-state index in [1.54, 1.807) is 17.4 Å². The Morgan fingerprint density at radius 3 is 2.90 bits per heavy atom. The topological polar surface area (TPSA) is 39.2 Å². The number of esters is 1. The van der Waals surface area contributed by atoms with E-state index < -0.39 is 0 Å². The molecule has 0 saturated carbocycles. The summed E-state index contributed by atoms with van der Waals surface area (Å²) in [5.74, 6) is -0.312. The third-order valence-electron chi connectivity index (χ3n) is 3.37.